The first-order valence-corrected chi connectivity index (χ1v) is 5.97. The van der Waals surface area contributed by atoms with Gasteiger partial charge in [0, 0.05) is 12.6 Å². The van der Waals surface area contributed by atoms with Gasteiger partial charge < -0.3 is 10.1 Å². The van der Waals surface area contributed by atoms with Crippen LogP contribution in [0, 0.1) is 0 Å². The van der Waals surface area contributed by atoms with Crippen LogP contribution in [0.15, 0.2) is 42.5 Å². The maximum absolute atomic E-state index is 11.5. The molecule has 0 fully saturated rings. The highest BCUT2D eigenvalue weighted by atomic mass is 16.5. The van der Waals surface area contributed by atoms with Crippen LogP contribution >= 0.6 is 0 Å². The lowest BCUT2D eigenvalue weighted by Crippen LogP contribution is -2.21. The number of benzene rings is 1. The van der Waals surface area contributed by atoms with Gasteiger partial charge in [-0.2, -0.15) is 0 Å². The minimum atomic E-state index is -0.0812. The van der Waals surface area contributed by atoms with Crippen molar-refractivity contribution in [2.24, 2.45) is 0 Å². The maximum atomic E-state index is 11.5. The van der Waals surface area contributed by atoms with E-state index in [0.717, 1.165) is 17.7 Å². The van der Waals surface area contributed by atoms with Crippen molar-refractivity contribution in [3.05, 3.63) is 48.1 Å². The monoisotopic (exact) mass is 245 g/mol. The summed E-state index contributed by atoms with van der Waals surface area (Å²) in [5.41, 5.74) is 0.943. The first-order valence-electron chi connectivity index (χ1n) is 5.97. The molecule has 1 aromatic carbocycles. The van der Waals surface area contributed by atoms with Crippen LogP contribution < -0.4 is 10.1 Å². The van der Waals surface area contributed by atoms with E-state index in [1.807, 2.05) is 43.3 Å². The molecule has 0 aromatic heterocycles. The standard InChI is InChI=1S/C15H19NO2/c1-3-4-5-11-16-15(17)10-9-13-7-6-8-14(12-13)18-2/h3-4,6-10,12H,5,11H2,1-2H3,(H,16,17)/b4-3+,10-9+. The van der Waals surface area contributed by atoms with Crippen molar-refractivity contribution in [1.82, 2.24) is 5.32 Å². The van der Waals surface area contributed by atoms with Gasteiger partial charge in [-0.3, -0.25) is 4.79 Å². The van der Waals surface area contributed by atoms with Crippen molar-refractivity contribution in [2.45, 2.75) is 13.3 Å². The normalized spacial score (nSPS) is 11.0. The molecule has 1 amide bonds. The number of hydrogen-bond acceptors (Lipinski definition) is 2. The molecular weight excluding hydrogens is 226 g/mol. The molecule has 3 nitrogen and oxygen atoms in total. The largest absolute Gasteiger partial charge is 0.497 e. The Hall–Kier alpha value is -2.03. The van der Waals surface area contributed by atoms with E-state index < -0.39 is 0 Å². The van der Waals surface area contributed by atoms with Crippen LogP contribution in [0.25, 0.3) is 6.08 Å². The van der Waals surface area contributed by atoms with Crippen molar-refractivity contribution in [3.63, 3.8) is 0 Å². The molecule has 0 radical (unpaired) electrons. The van der Waals surface area contributed by atoms with Crippen molar-refractivity contribution in [2.75, 3.05) is 13.7 Å². The third-order valence-electron chi connectivity index (χ3n) is 2.37. The Morgan fingerprint density at radius 2 is 2.28 bits per heavy atom. The quantitative estimate of drug-likeness (QED) is 0.475. The van der Waals surface area contributed by atoms with Gasteiger partial charge in [0.25, 0.3) is 0 Å². The van der Waals surface area contributed by atoms with Gasteiger partial charge in [-0.15, -0.1) is 0 Å². The average Bonchev–Trinajstić information content (AvgIpc) is 2.41. The molecule has 0 aliphatic carbocycles. The Morgan fingerprint density at radius 1 is 1.44 bits per heavy atom. The third kappa shape index (κ3) is 5.34. The molecule has 18 heavy (non-hydrogen) atoms. The zero-order valence-electron chi connectivity index (χ0n) is 10.8. The molecule has 0 aliphatic heterocycles. The zero-order chi connectivity index (χ0) is 13.2. The summed E-state index contributed by atoms with van der Waals surface area (Å²) >= 11 is 0. The lowest BCUT2D eigenvalue weighted by atomic mass is 10.2. The summed E-state index contributed by atoms with van der Waals surface area (Å²) in [4.78, 5) is 11.5. The summed E-state index contributed by atoms with van der Waals surface area (Å²) in [6, 6.07) is 7.56. The Labute approximate surface area is 108 Å². The van der Waals surface area contributed by atoms with Gasteiger partial charge in [-0.05, 0) is 37.1 Å². The smallest absolute Gasteiger partial charge is 0.244 e. The molecule has 0 aliphatic rings. The first-order chi connectivity index (χ1) is 8.76. The highest BCUT2D eigenvalue weighted by molar-refractivity contribution is 5.91. The van der Waals surface area contributed by atoms with Crippen LogP contribution in [0.2, 0.25) is 0 Å². The number of nitrogens with one attached hydrogen (secondary N) is 1. The lowest BCUT2D eigenvalue weighted by Gasteiger charge is -2.00. The fourth-order valence-corrected chi connectivity index (χ4v) is 1.42. The van der Waals surface area contributed by atoms with E-state index in [1.54, 1.807) is 13.2 Å². The van der Waals surface area contributed by atoms with Crippen LogP contribution in [-0.2, 0) is 4.79 Å². The van der Waals surface area contributed by atoms with Crippen molar-refractivity contribution in [1.29, 1.82) is 0 Å². The van der Waals surface area contributed by atoms with E-state index in [9.17, 15) is 4.79 Å². The van der Waals surface area contributed by atoms with Gasteiger partial charge in [0.05, 0.1) is 7.11 Å². The summed E-state index contributed by atoms with van der Waals surface area (Å²) in [7, 11) is 1.62. The number of rotatable bonds is 6. The van der Waals surface area contributed by atoms with Gasteiger partial charge in [-0.1, -0.05) is 24.3 Å². The molecule has 96 valence electrons. The van der Waals surface area contributed by atoms with E-state index in [0.29, 0.717) is 6.54 Å². The van der Waals surface area contributed by atoms with E-state index in [1.165, 1.54) is 6.08 Å². The second-order valence-corrected chi connectivity index (χ2v) is 3.76. The molecular formula is C15H19NO2. The van der Waals surface area contributed by atoms with E-state index in [2.05, 4.69) is 5.32 Å². The van der Waals surface area contributed by atoms with Crippen LogP contribution in [0.4, 0.5) is 0 Å². The van der Waals surface area contributed by atoms with Crippen LogP contribution in [-0.4, -0.2) is 19.6 Å². The highest BCUT2D eigenvalue weighted by Gasteiger charge is 1.95. The summed E-state index contributed by atoms with van der Waals surface area (Å²) in [5, 5.41) is 2.81. The minimum Gasteiger partial charge on any atom is -0.497 e. The molecule has 0 saturated carbocycles. The third-order valence-corrected chi connectivity index (χ3v) is 2.37. The predicted molar refractivity (Wildman–Crippen MR) is 74.5 cm³/mol. The molecule has 0 spiro atoms. The van der Waals surface area contributed by atoms with Gasteiger partial charge in [0.15, 0.2) is 0 Å². The Kier molecular flexibility index (Phi) is 6.33. The average molecular weight is 245 g/mol. The molecule has 0 saturated heterocycles. The van der Waals surface area contributed by atoms with E-state index in [4.69, 9.17) is 4.74 Å². The fraction of sp³-hybridized carbons (Fsp3) is 0.267. The summed E-state index contributed by atoms with van der Waals surface area (Å²) in [6.45, 7) is 2.62. The van der Waals surface area contributed by atoms with Crippen molar-refractivity contribution >= 4 is 12.0 Å². The summed E-state index contributed by atoms with van der Waals surface area (Å²) < 4.78 is 5.11. The molecule has 0 heterocycles. The number of hydrogen-bond donors (Lipinski definition) is 1. The number of carbonyl (C=O) groups is 1. The van der Waals surface area contributed by atoms with Gasteiger partial charge >= 0.3 is 0 Å². The number of allylic oxidation sites excluding steroid dienone is 1. The fourth-order valence-electron chi connectivity index (χ4n) is 1.42. The Bertz CT molecular complexity index is 436. The number of amides is 1. The molecule has 1 aromatic rings. The first kappa shape index (κ1) is 14.0. The number of ether oxygens (including phenoxy) is 1. The summed E-state index contributed by atoms with van der Waals surface area (Å²) in [5.74, 6) is 0.702. The van der Waals surface area contributed by atoms with Crippen molar-refractivity contribution in [3.8, 4) is 5.75 Å². The van der Waals surface area contributed by atoms with E-state index in [-0.39, 0.29) is 5.91 Å². The topological polar surface area (TPSA) is 38.3 Å². The SMILES string of the molecule is C/C=C/CCNC(=O)/C=C/c1cccc(OC)c1. The number of carbonyl (C=O) groups excluding carboxylic acids is 1. The zero-order valence-corrected chi connectivity index (χ0v) is 10.8. The molecule has 1 N–H and O–H groups in total. The second kappa shape index (κ2) is 8.12. The van der Waals surface area contributed by atoms with Gasteiger partial charge in [0.1, 0.15) is 5.75 Å². The van der Waals surface area contributed by atoms with Crippen molar-refractivity contribution < 1.29 is 9.53 Å². The van der Waals surface area contributed by atoms with Gasteiger partial charge in [0.2, 0.25) is 5.91 Å². The molecule has 3 heteroatoms. The summed E-state index contributed by atoms with van der Waals surface area (Å²) in [6.07, 6.45) is 8.15. The van der Waals surface area contributed by atoms with Crippen LogP contribution in [0.5, 0.6) is 5.75 Å². The Balaban J connectivity index is 2.44. The predicted octanol–water partition coefficient (Wildman–Crippen LogP) is 2.79. The second-order valence-electron chi connectivity index (χ2n) is 3.76. The Morgan fingerprint density at radius 3 is 3.00 bits per heavy atom. The number of methoxy groups -OCH3 is 1. The van der Waals surface area contributed by atoms with Crippen LogP contribution in [0.3, 0.4) is 0 Å². The molecule has 0 atom stereocenters. The lowest BCUT2D eigenvalue weighted by molar-refractivity contribution is -0.116. The highest BCUT2D eigenvalue weighted by Crippen LogP contribution is 2.13. The molecule has 0 unspecified atom stereocenters. The van der Waals surface area contributed by atoms with E-state index >= 15 is 0 Å². The molecule has 0 bridgehead atoms. The molecule has 1 rings (SSSR count). The van der Waals surface area contributed by atoms with Gasteiger partial charge in [-0.25, -0.2) is 0 Å². The minimum absolute atomic E-state index is 0.0812. The maximum Gasteiger partial charge on any atom is 0.244 e. The van der Waals surface area contributed by atoms with Crippen LogP contribution in [0.1, 0.15) is 18.9 Å².